The molecule has 1 unspecified atom stereocenters. The Bertz CT molecular complexity index is 1220. The number of fused-ring (bicyclic) bond motifs is 1. The normalized spacial score (nSPS) is 20.0. The minimum absolute atomic E-state index is 0.177. The molecule has 0 aliphatic carbocycles. The number of hydrogen-bond donors (Lipinski definition) is 2. The molecule has 3 aromatic rings. The molecule has 34 heavy (non-hydrogen) atoms. The Balaban J connectivity index is 1.43. The molecule has 3 aromatic heterocycles. The van der Waals surface area contributed by atoms with E-state index in [-0.39, 0.29) is 17.5 Å². The third-order valence-electron chi connectivity index (χ3n) is 6.54. The van der Waals surface area contributed by atoms with Crippen LogP contribution in [0.25, 0.3) is 11.2 Å². The van der Waals surface area contributed by atoms with Gasteiger partial charge in [-0.05, 0) is 46.9 Å². The van der Waals surface area contributed by atoms with Crippen LogP contribution in [0.15, 0.2) is 31.4 Å². The molecule has 0 radical (unpaired) electrons. The van der Waals surface area contributed by atoms with Crippen LogP contribution in [-0.2, 0) is 4.79 Å². The van der Waals surface area contributed by atoms with Crippen LogP contribution >= 0.6 is 0 Å². The first kappa shape index (κ1) is 22.3. The van der Waals surface area contributed by atoms with Crippen molar-refractivity contribution in [1.82, 2.24) is 39.5 Å². The molecule has 11 heteroatoms. The van der Waals surface area contributed by atoms with E-state index in [1.165, 1.54) is 6.08 Å². The van der Waals surface area contributed by atoms with Crippen molar-refractivity contribution < 1.29 is 4.79 Å². The highest BCUT2D eigenvalue weighted by Crippen LogP contribution is 2.31. The van der Waals surface area contributed by atoms with Crippen molar-refractivity contribution in [3.05, 3.63) is 31.4 Å². The molecule has 1 atom stereocenters. The van der Waals surface area contributed by atoms with Gasteiger partial charge < -0.3 is 25.0 Å². The lowest BCUT2D eigenvalue weighted by Crippen LogP contribution is -2.69. The van der Waals surface area contributed by atoms with Crippen molar-refractivity contribution in [2.45, 2.75) is 44.8 Å². The summed E-state index contributed by atoms with van der Waals surface area (Å²) in [5, 5.41) is 11.0. The number of nitrogens with one attached hydrogen (secondary N) is 2. The van der Waals surface area contributed by atoms with Gasteiger partial charge in [0.2, 0.25) is 11.9 Å². The Morgan fingerprint density at radius 1 is 1.32 bits per heavy atom. The number of likely N-dealkylation sites (tertiary alicyclic amines) is 1. The molecule has 1 amide bonds. The van der Waals surface area contributed by atoms with E-state index in [9.17, 15) is 4.79 Å². The highest BCUT2D eigenvalue weighted by molar-refractivity contribution is 5.88. The fourth-order valence-corrected chi connectivity index (χ4v) is 4.74. The number of likely N-dealkylation sites (N-methyl/N-ethyl adjacent to an activating group) is 1. The lowest BCUT2D eigenvalue weighted by atomic mass is 9.92. The SMILES string of the molecule is C=CC(=O)NC1(C)CN(c2nc(Nc3cnn(C4CCN(C)C4)c3)c3ncn(C(C)C)c3n2)C1. The van der Waals surface area contributed by atoms with Gasteiger partial charge >= 0.3 is 0 Å². The Kier molecular flexibility index (Phi) is 5.51. The number of imidazole rings is 1. The van der Waals surface area contributed by atoms with E-state index in [0.717, 1.165) is 30.8 Å². The number of rotatable bonds is 7. The van der Waals surface area contributed by atoms with Gasteiger partial charge in [-0.3, -0.25) is 9.48 Å². The van der Waals surface area contributed by atoms with Crippen LogP contribution in [-0.4, -0.2) is 78.9 Å². The van der Waals surface area contributed by atoms with Gasteiger partial charge in [-0.2, -0.15) is 15.1 Å². The van der Waals surface area contributed by atoms with Crippen LogP contribution in [0.2, 0.25) is 0 Å². The summed E-state index contributed by atoms with van der Waals surface area (Å²) >= 11 is 0. The summed E-state index contributed by atoms with van der Waals surface area (Å²) < 4.78 is 4.07. The zero-order chi connectivity index (χ0) is 24.0. The average Bonchev–Trinajstić information content (AvgIpc) is 3.51. The fraction of sp³-hybridized carbons (Fsp3) is 0.522. The van der Waals surface area contributed by atoms with E-state index in [0.29, 0.717) is 36.4 Å². The van der Waals surface area contributed by atoms with E-state index >= 15 is 0 Å². The van der Waals surface area contributed by atoms with E-state index in [1.807, 2.05) is 28.6 Å². The minimum atomic E-state index is -0.342. The van der Waals surface area contributed by atoms with Crippen molar-refractivity contribution in [2.24, 2.45) is 0 Å². The highest BCUT2D eigenvalue weighted by atomic mass is 16.1. The maximum atomic E-state index is 11.8. The molecule has 0 aromatic carbocycles. The van der Waals surface area contributed by atoms with E-state index < -0.39 is 0 Å². The number of carbonyl (C=O) groups excluding carboxylic acids is 1. The third-order valence-corrected chi connectivity index (χ3v) is 6.54. The van der Waals surface area contributed by atoms with Gasteiger partial charge in [0.1, 0.15) is 0 Å². The van der Waals surface area contributed by atoms with Crippen molar-refractivity contribution in [3.63, 3.8) is 0 Å². The molecular weight excluding hydrogens is 432 g/mol. The van der Waals surface area contributed by atoms with Crippen LogP contribution < -0.4 is 15.5 Å². The Morgan fingerprint density at radius 2 is 2.12 bits per heavy atom. The standard InChI is InChI=1S/C23H32N10O/c1-6-18(34)29-23(4)12-31(13-23)22-27-20(19-21(28-22)32(14-24-19)15(2)3)26-16-9-25-33(10-16)17-7-8-30(5)11-17/h6,9-10,14-15,17H,1,7-8,11-13H2,2-5H3,(H,29,34)(H,26,27,28). The molecule has 180 valence electrons. The van der Waals surface area contributed by atoms with Gasteiger partial charge in [0.25, 0.3) is 0 Å². The van der Waals surface area contributed by atoms with Crippen molar-refractivity contribution >= 4 is 34.5 Å². The molecule has 2 fully saturated rings. The second-order valence-electron chi connectivity index (χ2n) is 9.94. The molecule has 11 nitrogen and oxygen atoms in total. The topological polar surface area (TPSA) is 109 Å². The number of amides is 1. The Morgan fingerprint density at radius 3 is 2.79 bits per heavy atom. The van der Waals surface area contributed by atoms with Crippen molar-refractivity contribution in [2.75, 3.05) is 43.4 Å². The molecule has 0 saturated carbocycles. The van der Waals surface area contributed by atoms with E-state index in [2.05, 4.69) is 58.0 Å². The van der Waals surface area contributed by atoms with Gasteiger partial charge in [-0.1, -0.05) is 6.58 Å². The Hall–Kier alpha value is -3.47. The summed E-state index contributed by atoms with van der Waals surface area (Å²) in [6.07, 6.45) is 8.05. The maximum absolute atomic E-state index is 11.8. The van der Waals surface area contributed by atoms with Crippen LogP contribution in [0.1, 0.15) is 39.3 Å². The molecule has 2 aliphatic rings. The second kappa shape index (κ2) is 8.39. The lowest BCUT2D eigenvalue weighted by Gasteiger charge is -2.48. The van der Waals surface area contributed by atoms with Crippen LogP contribution in [0.5, 0.6) is 0 Å². The maximum Gasteiger partial charge on any atom is 0.243 e. The zero-order valence-electron chi connectivity index (χ0n) is 20.2. The lowest BCUT2D eigenvalue weighted by molar-refractivity contribution is -0.118. The number of carbonyl (C=O) groups is 1. The number of anilines is 3. The Labute approximate surface area is 198 Å². The summed E-state index contributed by atoms with van der Waals surface area (Å²) in [6, 6.07) is 0.586. The quantitative estimate of drug-likeness (QED) is 0.512. The second-order valence-corrected chi connectivity index (χ2v) is 9.94. The van der Waals surface area contributed by atoms with Crippen LogP contribution in [0.4, 0.5) is 17.5 Å². The summed E-state index contributed by atoms with van der Waals surface area (Å²) in [7, 11) is 2.14. The largest absolute Gasteiger partial charge is 0.344 e. The van der Waals surface area contributed by atoms with E-state index in [1.54, 1.807) is 6.33 Å². The zero-order valence-corrected chi connectivity index (χ0v) is 20.2. The molecule has 5 rings (SSSR count). The molecule has 2 aliphatic heterocycles. The van der Waals surface area contributed by atoms with Crippen molar-refractivity contribution in [3.8, 4) is 0 Å². The summed E-state index contributed by atoms with van der Waals surface area (Å²) in [4.78, 5) is 30.4. The highest BCUT2D eigenvalue weighted by Gasteiger charge is 2.41. The predicted molar refractivity (Wildman–Crippen MR) is 131 cm³/mol. The summed E-state index contributed by atoms with van der Waals surface area (Å²) in [5.41, 5.74) is 2.02. The van der Waals surface area contributed by atoms with Crippen LogP contribution in [0, 0.1) is 0 Å². The van der Waals surface area contributed by atoms with Gasteiger partial charge in [0, 0.05) is 31.9 Å². The molecular formula is C23H32N10O. The molecule has 5 heterocycles. The fourth-order valence-electron chi connectivity index (χ4n) is 4.74. The minimum Gasteiger partial charge on any atom is -0.344 e. The molecule has 0 spiro atoms. The number of nitrogens with zero attached hydrogens (tertiary/aromatic N) is 8. The number of hydrogen-bond acceptors (Lipinski definition) is 8. The van der Waals surface area contributed by atoms with Gasteiger partial charge in [-0.25, -0.2) is 4.98 Å². The summed E-state index contributed by atoms with van der Waals surface area (Å²) in [5.74, 6) is 1.07. The predicted octanol–water partition coefficient (Wildman–Crippen LogP) is 2.10. The van der Waals surface area contributed by atoms with Crippen molar-refractivity contribution in [1.29, 1.82) is 0 Å². The average molecular weight is 465 g/mol. The van der Waals surface area contributed by atoms with Crippen LogP contribution in [0.3, 0.4) is 0 Å². The first-order valence-electron chi connectivity index (χ1n) is 11.7. The molecule has 2 saturated heterocycles. The number of aromatic nitrogens is 6. The van der Waals surface area contributed by atoms with Gasteiger partial charge in [-0.15, -0.1) is 0 Å². The smallest absolute Gasteiger partial charge is 0.243 e. The van der Waals surface area contributed by atoms with E-state index in [4.69, 9.17) is 9.97 Å². The summed E-state index contributed by atoms with van der Waals surface area (Å²) in [6.45, 7) is 13.1. The first-order valence-corrected chi connectivity index (χ1v) is 11.7. The third kappa shape index (κ3) is 4.11. The molecule has 2 N–H and O–H groups in total. The first-order chi connectivity index (χ1) is 16.2. The van der Waals surface area contributed by atoms with Gasteiger partial charge in [0.15, 0.2) is 17.0 Å². The van der Waals surface area contributed by atoms with Gasteiger partial charge in [0.05, 0.1) is 29.8 Å². The monoisotopic (exact) mass is 464 g/mol. The molecule has 0 bridgehead atoms.